The first kappa shape index (κ1) is 13.9. The fraction of sp³-hybridized carbons (Fsp3) is 0.615. The van der Waals surface area contributed by atoms with E-state index in [0.29, 0.717) is 6.04 Å². The Hall–Kier alpha value is -1.13. The average molecular weight is 237 g/mol. The van der Waals surface area contributed by atoms with Crippen LogP contribution in [-0.2, 0) is 11.3 Å². The van der Waals surface area contributed by atoms with Crippen molar-refractivity contribution in [1.82, 2.24) is 9.88 Å². The van der Waals surface area contributed by atoms with E-state index in [1.165, 1.54) is 0 Å². The summed E-state index contributed by atoms with van der Waals surface area (Å²) in [5.74, 6) is 0.915. The van der Waals surface area contributed by atoms with Crippen LogP contribution in [0.4, 0.5) is 5.82 Å². The highest BCUT2D eigenvalue weighted by Gasteiger charge is 2.10. The van der Waals surface area contributed by atoms with Crippen molar-refractivity contribution in [3.63, 3.8) is 0 Å². The highest BCUT2D eigenvalue weighted by molar-refractivity contribution is 5.34. The molecule has 4 heteroatoms. The average Bonchev–Trinajstić information content (AvgIpc) is 2.34. The first-order valence-corrected chi connectivity index (χ1v) is 6.04. The zero-order valence-corrected chi connectivity index (χ0v) is 11.2. The van der Waals surface area contributed by atoms with Crippen molar-refractivity contribution in [2.45, 2.75) is 26.4 Å². The molecule has 0 spiro atoms. The van der Waals surface area contributed by atoms with Gasteiger partial charge in [0.1, 0.15) is 5.82 Å². The van der Waals surface area contributed by atoms with Gasteiger partial charge in [0.05, 0.1) is 12.3 Å². The topological polar surface area (TPSA) is 37.4 Å². The summed E-state index contributed by atoms with van der Waals surface area (Å²) in [4.78, 5) is 6.88. The molecule has 96 valence electrons. The van der Waals surface area contributed by atoms with Gasteiger partial charge >= 0.3 is 0 Å². The molecule has 0 saturated heterocycles. The maximum absolute atomic E-state index is 5.13. The molecule has 0 aromatic carbocycles. The lowest BCUT2D eigenvalue weighted by Crippen LogP contribution is -2.33. The quantitative estimate of drug-likeness (QED) is 0.787. The van der Waals surface area contributed by atoms with Crippen LogP contribution in [-0.4, -0.2) is 43.2 Å². The fourth-order valence-corrected chi connectivity index (χ4v) is 1.64. The number of aromatic nitrogens is 1. The van der Waals surface area contributed by atoms with Crippen LogP contribution in [0.25, 0.3) is 0 Å². The Kier molecular flexibility index (Phi) is 5.94. The standard InChI is InChI=1S/C13H23N3O/c1-11(2)16(8-9-17-4)10-12-6-5-7-13(14-3)15-12/h5-7,11H,8-10H2,1-4H3,(H,14,15). The Balaban J connectivity index is 2.64. The van der Waals surface area contributed by atoms with E-state index in [9.17, 15) is 0 Å². The van der Waals surface area contributed by atoms with E-state index in [0.717, 1.165) is 31.2 Å². The maximum Gasteiger partial charge on any atom is 0.126 e. The lowest BCUT2D eigenvalue weighted by molar-refractivity contribution is 0.124. The van der Waals surface area contributed by atoms with Crippen molar-refractivity contribution in [2.75, 3.05) is 32.6 Å². The molecule has 4 nitrogen and oxygen atoms in total. The Morgan fingerprint density at radius 1 is 1.41 bits per heavy atom. The fourth-order valence-electron chi connectivity index (χ4n) is 1.64. The van der Waals surface area contributed by atoms with Crippen LogP contribution in [0.2, 0.25) is 0 Å². The van der Waals surface area contributed by atoms with Crippen LogP contribution in [0.1, 0.15) is 19.5 Å². The first-order chi connectivity index (χ1) is 8.17. The van der Waals surface area contributed by atoms with E-state index in [1.54, 1.807) is 7.11 Å². The van der Waals surface area contributed by atoms with Crippen molar-refractivity contribution < 1.29 is 4.74 Å². The zero-order chi connectivity index (χ0) is 12.7. The number of pyridine rings is 1. The number of rotatable bonds is 7. The zero-order valence-electron chi connectivity index (χ0n) is 11.2. The van der Waals surface area contributed by atoms with E-state index in [4.69, 9.17) is 4.74 Å². The third-order valence-electron chi connectivity index (χ3n) is 2.74. The van der Waals surface area contributed by atoms with Gasteiger partial charge in [0.2, 0.25) is 0 Å². The SMILES string of the molecule is CNc1cccc(CN(CCOC)C(C)C)n1. The van der Waals surface area contributed by atoms with Crippen molar-refractivity contribution in [1.29, 1.82) is 0 Å². The molecule has 0 atom stereocenters. The number of hydrogen-bond acceptors (Lipinski definition) is 4. The predicted molar refractivity (Wildman–Crippen MR) is 71.2 cm³/mol. The maximum atomic E-state index is 5.13. The molecule has 0 amide bonds. The van der Waals surface area contributed by atoms with E-state index in [2.05, 4.69) is 35.1 Å². The summed E-state index contributed by atoms with van der Waals surface area (Å²) in [5, 5.41) is 3.06. The molecule has 1 aromatic rings. The molecule has 1 aromatic heterocycles. The second-order valence-corrected chi connectivity index (χ2v) is 4.32. The van der Waals surface area contributed by atoms with Crippen molar-refractivity contribution in [3.8, 4) is 0 Å². The molecule has 0 aliphatic rings. The van der Waals surface area contributed by atoms with Crippen LogP contribution in [0.15, 0.2) is 18.2 Å². The summed E-state index contributed by atoms with van der Waals surface area (Å²) in [6.07, 6.45) is 0. The van der Waals surface area contributed by atoms with Crippen LogP contribution >= 0.6 is 0 Å². The number of anilines is 1. The largest absolute Gasteiger partial charge is 0.383 e. The van der Waals surface area contributed by atoms with Gasteiger partial charge in [-0.25, -0.2) is 4.98 Å². The van der Waals surface area contributed by atoms with Gasteiger partial charge in [0, 0.05) is 33.3 Å². The molecular weight excluding hydrogens is 214 g/mol. The monoisotopic (exact) mass is 237 g/mol. The van der Waals surface area contributed by atoms with Gasteiger partial charge < -0.3 is 10.1 Å². The third-order valence-corrected chi connectivity index (χ3v) is 2.74. The highest BCUT2D eigenvalue weighted by Crippen LogP contribution is 2.09. The van der Waals surface area contributed by atoms with Gasteiger partial charge in [-0.15, -0.1) is 0 Å². The van der Waals surface area contributed by atoms with Crippen LogP contribution in [0, 0.1) is 0 Å². The Bertz CT molecular complexity index is 328. The summed E-state index contributed by atoms with van der Waals surface area (Å²) < 4.78 is 5.13. The van der Waals surface area contributed by atoms with Gasteiger partial charge in [0.15, 0.2) is 0 Å². The molecule has 0 bridgehead atoms. The molecule has 0 saturated carbocycles. The summed E-state index contributed by atoms with van der Waals surface area (Å²) >= 11 is 0. The number of nitrogens with zero attached hydrogens (tertiary/aromatic N) is 2. The summed E-state index contributed by atoms with van der Waals surface area (Å²) in [6, 6.07) is 6.55. The van der Waals surface area contributed by atoms with Gasteiger partial charge in [-0.3, -0.25) is 4.90 Å². The van der Waals surface area contributed by atoms with E-state index >= 15 is 0 Å². The number of hydrogen-bond donors (Lipinski definition) is 1. The second kappa shape index (κ2) is 7.25. The lowest BCUT2D eigenvalue weighted by atomic mass is 10.2. The molecule has 1 heterocycles. The minimum absolute atomic E-state index is 0.491. The smallest absolute Gasteiger partial charge is 0.126 e. The predicted octanol–water partition coefficient (Wildman–Crippen LogP) is 1.98. The summed E-state index contributed by atoms with van der Waals surface area (Å²) in [6.45, 7) is 6.93. The number of nitrogens with one attached hydrogen (secondary N) is 1. The van der Waals surface area contributed by atoms with E-state index < -0.39 is 0 Å². The molecule has 1 rings (SSSR count). The van der Waals surface area contributed by atoms with Crippen LogP contribution in [0.5, 0.6) is 0 Å². The minimum Gasteiger partial charge on any atom is -0.383 e. The minimum atomic E-state index is 0.491. The normalized spacial score (nSPS) is 11.2. The summed E-state index contributed by atoms with van der Waals surface area (Å²) in [7, 11) is 3.62. The Morgan fingerprint density at radius 2 is 2.18 bits per heavy atom. The van der Waals surface area contributed by atoms with Crippen molar-refractivity contribution in [3.05, 3.63) is 23.9 Å². The van der Waals surface area contributed by atoms with Gasteiger partial charge in [-0.05, 0) is 26.0 Å². The number of methoxy groups -OCH3 is 1. The van der Waals surface area contributed by atoms with Crippen LogP contribution in [0.3, 0.4) is 0 Å². The molecule has 0 fully saturated rings. The third kappa shape index (κ3) is 4.71. The van der Waals surface area contributed by atoms with Crippen molar-refractivity contribution in [2.24, 2.45) is 0 Å². The highest BCUT2D eigenvalue weighted by atomic mass is 16.5. The second-order valence-electron chi connectivity index (χ2n) is 4.32. The van der Waals surface area contributed by atoms with E-state index in [-0.39, 0.29) is 0 Å². The van der Waals surface area contributed by atoms with E-state index in [1.807, 2.05) is 19.2 Å². The summed E-state index contributed by atoms with van der Waals surface area (Å²) in [5.41, 5.74) is 1.08. The first-order valence-electron chi connectivity index (χ1n) is 6.04. The number of ether oxygens (including phenoxy) is 1. The molecular formula is C13H23N3O. The molecule has 0 aliphatic carbocycles. The van der Waals surface area contributed by atoms with Crippen molar-refractivity contribution >= 4 is 5.82 Å². The van der Waals surface area contributed by atoms with Gasteiger partial charge in [-0.1, -0.05) is 6.07 Å². The Morgan fingerprint density at radius 3 is 2.76 bits per heavy atom. The molecule has 0 aliphatic heterocycles. The molecule has 17 heavy (non-hydrogen) atoms. The molecule has 0 unspecified atom stereocenters. The Labute approximate surface area is 104 Å². The lowest BCUT2D eigenvalue weighted by Gasteiger charge is -2.25. The molecule has 0 radical (unpaired) electrons. The van der Waals surface area contributed by atoms with Crippen LogP contribution < -0.4 is 5.32 Å². The molecule has 1 N–H and O–H groups in total. The van der Waals surface area contributed by atoms with Gasteiger partial charge in [0.25, 0.3) is 0 Å². The van der Waals surface area contributed by atoms with Gasteiger partial charge in [-0.2, -0.15) is 0 Å².